The first-order valence-electron chi connectivity index (χ1n) is 7.64. The van der Waals surface area contributed by atoms with Gasteiger partial charge in [-0.05, 0) is 25.5 Å². The van der Waals surface area contributed by atoms with Crippen molar-refractivity contribution in [3.63, 3.8) is 0 Å². The van der Waals surface area contributed by atoms with Crippen molar-refractivity contribution in [3.05, 3.63) is 83.8 Å². The van der Waals surface area contributed by atoms with Crippen molar-refractivity contribution in [3.8, 4) is 11.3 Å². The van der Waals surface area contributed by atoms with E-state index in [9.17, 15) is 4.79 Å². The van der Waals surface area contributed by atoms with Crippen LogP contribution in [0.1, 0.15) is 21.5 Å². The second kappa shape index (κ2) is 6.53. The zero-order valence-corrected chi connectivity index (χ0v) is 13.4. The minimum absolute atomic E-state index is 0.0914. The summed E-state index contributed by atoms with van der Waals surface area (Å²) in [7, 11) is 0. The molecule has 0 radical (unpaired) electrons. The van der Waals surface area contributed by atoms with Gasteiger partial charge in [0.1, 0.15) is 5.69 Å². The fourth-order valence-corrected chi connectivity index (χ4v) is 2.56. The van der Waals surface area contributed by atoms with E-state index in [1.54, 1.807) is 6.20 Å². The lowest BCUT2D eigenvalue weighted by molar-refractivity contribution is -0.683. The van der Waals surface area contributed by atoms with Crippen LogP contribution in [0.5, 0.6) is 0 Å². The lowest BCUT2D eigenvalue weighted by Crippen LogP contribution is -2.37. The first kappa shape index (κ1) is 15.1. The highest BCUT2D eigenvalue weighted by molar-refractivity contribution is 5.94. The molecule has 0 atom stereocenters. The Morgan fingerprint density at radius 3 is 2.65 bits per heavy atom. The number of ketones is 1. The van der Waals surface area contributed by atoms with E-state index in [2.05, 4.69) is 37.0 Å². The topological polar surface area (TPSA) is 33.8 Å². The number of rotatable bonds is 4. The van der Waals surface area contributed by atoms with Crippen molar-refractivity contribution in [2.45, 2.75) is 20.4 Å². The quantitative estimate of drug-likeness (QED) is 0.546. The normalized spacial score (nSPS) is 10.5. The summed E-state index contributed by atoms with van der Waals surface area (Å²) in [5, 5.41) is 0. The van der Waals surface area contributed by atoms with Crippen LogP contribution in [0.15, 0.2) is 67.1 Å². The van der Waals surface area contributed by atoms with Crippen LogP contribution < -0.4 is 4.57 Å². The second-order valence-corrected chi connectivity index (χ2v) is 5.72. The predicted octanol–water partition coefficient (Wildman–Crippen LogP) is 3.54. The Morgan fingerprint density at radius 1 is 1.09 bits per heavy atom. The third-order valence-corrected chi connectivity index (χ3v) is 3.85. The summed E-state index contributed by atoms with van der Waals surface area (Å²) in [5.74, 6) is 0.0914. The van der Waals surface area contributed by atoms with E-state index in [-0.39, 0.29) is 5.78 Å². The summed E-state index contributed by atoms with van der Waals surface area (Å²) in [5.41, 5.74) is 5.09. The molecule has 0 spiro atoms. The number of aromatic nitrogens is 2. The molecule has 0 amide bonds. The number of nitrogens with zero attached hydrogens (tertiary/aromatic N) is 2. The van der Waals surface area contributed by atoms with Crippen LogP contribution in [0.4, 0.5) is 0 Å². The van der Waals surface area contributed by atoms with Crippen molar-refractivity contribution in [1.29, 1.82) is 0 Å². The Hall–Kier alpha value is -2.81. The Labute approximate surface area is 136 Å². The fraction of sp³-hybridized carbons (Fsp3) is 0.150. The van der Waals surface area contributed by atoms with E-state index >= 15 is 0 Å². The SMILES string of the molecule is Cc1ccc(C)c(-c2c[n+](CC(=O)c3ccccc3)ccn2)c1. The molecule has 3 rings (SSSR count). The first-order valence-corrected chi connectivity index (χ1v) is 7.64. The Bertz CT molecular complexity index is 841. The van der Waals surface area contributed by atoms with Crippen LogP contribution in [0, 0.1) is 13.8 Å². The summed E-state index contributed by atoms with van der Waals surface area (Å²) in [6.07, 6.45) is 5.51. The van der Waals surface area contributed by atoms with Crippen LogP contribution in [-0.4, -0.2) is 10.8 Å². The third kappa shape index (κ3) is 3.51. The molecule has 0 fully saturated rings. The number of carbonyl (C=O) groups excluding carboxylic acids is 1. The van der Waals surface area contributed by atoms with E-state index in [0.717, 1.165) is 16.8 Å². The van der Waals surface area contributed by atoms with Gasteiger partial charge in [-0.2, -0.15) is 4.57 Å². The number of aryl methyl sites for hydroxylation is 2. The number of hydrogen-bond acceptors (Lipinski definition) is 2. The second-order valence-electron chi connectivity index (χ2n) is 5.72. The molecule has 0 aliphatic heterocycles. The standard InChI is InChI=1S/C20H19N2O/c1-15-8-9-16(2)18(12-15)19-13-22(11-10-21-19)14-20(23)17-6-4-3-5-7-17/h3-13H,14H2,1-2H3/q+1. The van der Waals surface area contributed by atoms with Crippen molar-refractivity contribution in [2.75, 3.05) is 0 Å². The van der Waals surface area contributed by atoms with E-state index in [1.807, 2.05) is 47.3 Å². The van der Waals surface area contributed by atoms with E-state index in [1.165, 1.54) is 11.1 Å². The maximum atomic E-state index is 12.3. The van der Waals surface area contributed by atoms with Crippen LogP contribution in [-0.2, 0) is 6.54 Å². The highest BCUT2D eigenvalue weighted by atomic mass is 16.1. The van der Waals surface area contributed by atoms with Crippen LogP contribution in [0.3, 0.4) is 0 Å². The Kier molecular flexibility index (Phi) is 4.29. The molecule has 0 saturated heterocycles. The number of Topliss-reactive ketones (excluding diaryl/α,β-unsaturated/α-hetero) is 1. The molecular formula is C20H19N2O+. The molecule has 1 aromatic heterocycles. The van der Waals surface area contributed by atoms with E-state index in [0.29, 0.717) is 6.54 Å². The highest BCUT2D eigenvalue weighted by Gasteiger charge is 2.14. The summed E-state index contributed by atoms with van der Waals surface area (Å²) in [6.45, 7) is 4.45. The van der Waals surface area contributed by atoms with Gasteiger partial charge in [-0.1, -0.05) is 48.0 Å². The van der Waals surface area contributed by atoms with Gasteiger partial charge < -0.3 is 0 Å². The molecule has 2 aromatic carbocycles. The molecule has 0 bridgehead atoms. The zero-order valence-electron chi connectivity index (χ0n) is 13.4. The van der Waals surface area contributed by atoms with Crippen molar-refractivity contribution in [2.24, 2.45) is 0 Å². The van der Waals surface area contributed by atoms with Crippen LogP contribution in [0.2, 0.25) is 0 Å². The van der Waals surface area contributed by atoms with Crippen molar-refractivity contribution in [1.82, 2.24) is 4.98 Å². The highest BCUT2D eigenvalue weighted by Crippen LogP contribution is 2.21. The summed E-state index contributed by atoms with van der Waals surface area (Å²) >= 11 is 0. The fourth-order valence-electron chi connectivity index (χ4n) is 2.56. The molecule has 3 aromatic rings. The number of benzene rings is 2. The minimum atomic E-state index is 0.0914. The zero-order chi connectivity index (χ0) is 16.2. The molecule has 3 heteroatoms. The van der Waals surface area contributed by atoms with Gasteiger partial charge in [0.15, 0.2) is 12.4 Å². The Balaban J connectivity index is 1.88. The van der Waals surface area contributed by atoms with Crippen molar-refractivity contribution < 1.29 is 9.36 Å². The molecule has 0 unspecified atom stereocenters. The van der Waals surface area contributed by atoms with E-state index in [4.69, 9.17) is 0 Å². The van der Waals surface area contributed by atoms with Gasteiger partial charge in [0.05, 0.1) is 6.20 Å². The maximum absolute atomic E-state index is 12.3. The Morgan fingerprint density at radius 2 is 1.87 bits per heavy atom. The molecule has 0 aliphatic rings. The van der Waals surface area contributed by atoms with Crippen LogP contribution in [0.25, 0.3) is 11.3 Å². The maximum Gasteiger partial charge on any atom is 0.227 e. The summed E-state index contributed by atoms with van der Waals surface area (Å²) in [6, 6.07) is 15.7. The average Bonchev–Trinajstić information content (AvgIpc) is 2.58. The predicted molar refractivity (Wildman–Crippen MR) is 90.1 cm³/mol. The third-order valence-electron chi connectivity index (χ3n) is 3.85. The van der Waals surface area contributed by atoms with Crippen molar-refractivity contribution >= 4 is 5.78 Å². The van der Waals surface area contributed by atoms with Crippen LogP contribution >= 0.6 is 0 Å². The summed E-state index contributed by atoms with van der Waals surface area (Å²) < 4.78 is 1.89. The summed E-state index contributed by atoms with van der Waals surface area (Å²) in [4.78, 5) is 16.8. The number of hydrogen-bond donors (Lipinski definition) is 0. The monoisotopic (exact) mass is 303 g/mol. The van der Waals surface area contributed by atoms with Gasteiger partial charge in [0.25, 0.3) is 0 Å². The molecule has 23 heavy (non-hydrogen) atoms. The smallest absolute Gasteiger partial charge is 0.227 e. The van der Waals surface area contributed by atoms with E-state index < -0.39 is 0 Å². The van der Waals surface area contributed by atoms with Gasteiger partial charge in [-0.3, -0.25) is 4.79 Å². The molecule has 0 N–H and O–H groups in total. The lowest BCUT2D eigenvalue weighted by Gasteiger charge is -2.05. The van der Waals surface area contributed by atoms with Gasteiger partial charge >= 0.3 is 0 Å². The largest absolute Gasteiger partial charge is 0.287 e. The van der Waals surface area contributed by atoms with Gasteiger partial charge in [-0.15, -0.1) is 0 Å². The average molecular weight is 303 g/mol. The molecule has 0 saturated carbocycles. The number of carbonyl (C=O) groups is 1. The lowest BCUT2D eigenvalue weighted by atomic mass is 10.0. The minimum Gasteiger partial charge on any atom is -0.287 e. The first-order chi connectivity index (χ1) is 11.1. The molecule has 0 aliphatic carbocycles. The van der Waals surface area contributed by atoms with Gasteiger partial charge in [-0.25, -0.2) is 4.98 Å². The van der Waals surface area contributed by atoms with Gasteiger partial charge in [0, 0.05) is 11.1 Å². The molecule has 1 heterocycles. The molecule has 114 valence electrons. The molecule has 3 nitrogen and oxygen atoms in total. The molecular weight excluding hydrogens is 284 g/mol. The van der Waals surface area contributed by atoms with Gasteiger partial charge in [0.2, 0.25) is 12.3 Å².